The van der Waals surface area contributed by atoms with Gasteiger partial charge in [-0.1, -0.05) is 36.0 Å². The Hall–Kier alpha value is -0.640. The number of hydrogen-bond donors (Lipinski definition) is 1. The Morgan fingerprint density at radius 2 is 2.00 bits per heavy atom. The highest BCUT2D eigenvalue weighted by molar-refractivity contribution is 7.80. The normalized spacial score (nSPS) is 15.2. The molecule has 1 aromatic rings. The summed E-state index contributed by atoms with van der Waals surface area (Å²) in [5.74, 6) is 0. The summed E-state index contributed by atoms with van der Waals surface area (Å²) in [6.45, 7) is 1.92. The van der Waals surface area contributed by atoms with E-state index in [1.807, 2.05) is 12.1 Å². The quantitative estimate of drug-likeness (QED) is 0.805. The molecule has 1 saturated carbocycles. The number of halogens is 1. The van der Waals surface area contributed by atoms with Crippen molar-refractivity contribution in [3.05, 3.63) is 34.9 Å². The van der Waals surface area contributed by atoms with Crippen molar-refractivity contribution in [2.45, 2.75) is 31.8 Å². The fourth-order valence-corrected chi connectivity index (χ4v) is 2.13. The standard InChI is InChI=1S/C13H17ClN2S/c14-11-3-1-10(2-4-11)9-16(12-5-6-12)8-7-13(15)17/h1-4,12H,5-9H2,(H2,15,17). The van der Waals surface area contributed by atoms with E-state index in [1.54, 1.807) is 0 Å². The summed E-state index contributed by atoms with van der Waals surface area (Å²) in [5.41, 5.74) is 6.86. The number of rotatable bonds is 6. The molecule has 92 valence electrons. The van der Waals surface area contributed by atoms with E-state index >= 15 is 0 Å². The predicted octanol–water partition coefficient (Wildman–Crippen LogP) is 2.98. The molecule has 1 fully saturated rings. The van der Waals surface area contributed by atoms with E-state index in [2.05, 4.69) is 17.0 Å². The largest absolute Gasteiger partial charge is 0.393 e. The van der Waals surface area contributed by atoms with Crippen LogP contribution in [0, 0.1) is 0 Å². The van der Waals surface area contributed by atoms with Gasteiger partial charge in [-0.2, -0.15) is 0 Å². The first-order valence-electron chi connectivity index (χ1n) is 5.92. The zero-order valence-electron chi connectivity index (χ0n) is 9.73. The lowest BCUT2D eigenvalue weighted by Gasteiger charge is -2.21. The van der Waals surface area contributed by atoms with Crippen LogP contribution < -0.4 is 5.73 Å². The minimum Gasteiger partial charge on any atom is -0.393 e. The summed E-state index contributed by atoms with van der Waals surface area (Å²) in [4.78, 5) is 3.06. The first kappa shape index (κ1) is 12.8. The van der Waals surface area contributed by atoms with Crippen LogP contribution in [-0.2, 0) is 6.54 Å². The Balaban J connectivity index is 1.92. The van der Waals surface area contributed by atoms with Crippen molar-refractivity contribution in [1.82, 2.24) is 4.90 Å². The molecule has 0 bridgehead atoms. The Kier molecular flexibility index (Phi) is 4.37. The summed E-state index contributed by atoms with van der Waals surface area (Å²) in [6, 6.07) is 8.77. The lowest BCUT2D eigenvalue weighted by molar-refractivity contribution is 0.262. The van der Waals surface area contributed by atoms with Crippen molar-refractivity contribution >= 4 is 28.8 Å². The van der Waals surface area contributed by atoms with Crippen LogP contribution in [0.2, 0.25) is 5.02 Å². The molecule has 0 aromatic heterocycles. The maximum absolute atomic E-state index is 5.88. The van der Waals surface area contributed by atoms with Gasteiger partial charge < -0.3 is 5.73 Å². The van der Waals surface area contributed by atoms with Gasteiger partial charge >= 0.3 is 0 Å². The van der Waals surface area contributed by atoms with Crippen LogP contribution in [-0.4, -0.2) is 22.5 Å². The van der Waals surface area contributed by atoms with Crippen molar-refractivity contribution in [2.24, 2.45) is 5.73 Å². The highest BCUT2D eigenvalue weighted by Crippen LogP contribution is 2.28. The smallest absolute Gasteiger partial charge is 0.0740 e. The molecule has 2 nitrogen and oxygen atoms in total. The first-order chi connectivity index (χ1) is 8.15. The molecule has 0 amide bonds. The Morgan fingerprint density at radius 1 is 1.35 bits per heavy atom. The van der Waals surface area contributed by atoms with Crippen LogP contribution in [0.4, 0.5) is 0 Å². The third-order valence-corrected chi connectivity index (χ3v) is 3.46. The maximum atomic E-state index is 5.88. The molecule has 17 heavy (non-hydrogen) atoms. The SMILES string of the molecule is NC(=S)CCN(Cc1ccc(Cl)cc1)C1CC1. The highest BCUT2D eigenvalue weighted by atomic mass is 35.5. The molecule has 0 radical (unpaired) electrons. The second-order valence-corrected chi connectivity index (χ2v) is 5.51. The molecule has 0 heterocycles. The first-order valence-corrected chi connectivity index (χ1v) is 6.70. The number of thiocarbonyl (C=S) groups is 1. The zero-order chi connectivity index (χ0) is 12.3. The van der Waals surface area contributed by atoms with Gasteiger partial charge in [-0.15, -0.1) is 0 Å². The molecule has 0 aliphatic heterocycles. The second-order valence-electron chi connectivity index (χ2n) is 4.54. The summed E-state index contributed by atoms with van der Waals surface area (Å²) >= 11 is 10.8. The molecule has 1 aliphatic rings. The van der Waals surface area contributed by atoms with Gasteiger partial charge in [-0.05, 0) is 30.5 Å². The number of nitrogens with zero attached hydrogens (tertiary/aromatic N) is 1. The van der Waals surface area contributed by atoms with Gasteiger partial charge in [0, 0.05) is 30.6 Å². The van der Waals surface area contributed by atoms with E-state index in [0.29, 0.717) is 4.99 Å². The number of benzene rings is 1. The molecule has 4 heteroatoms. The average Bonchev–Trinajstić information content (AvgIpc) is 3.10. The number of nitrogens with two attached hydrogens (primary N) is 1. The van der Waals surface area contributed by atoms with Crippen LogP contribution in [0.3, 0.4) is 0 Å². The van der Waals surface area contributed by atoms with E-state index in [4.69, 9.17) is 29.6 Å². The van der Waals surface area contributed by atoms with Gasteiger partial charge in [0.05, 0.1) is 4.99 Å². The molecular formula is C13H17ClN2S. The third-order valence-electron chi connectivity index (χ3n) is 3.01. The Morgan fingerprint density at radius 3 is 2.53 bits per heavy atom. The predicted molar refractivity (Wildman–Crippen MR) is 76.3 cm³/mol. The second kappa shape index (κ2) is 5.80. The van der Waals surface area contributed by atoms with E-state index in [1.165, 1.54) is 18.4 Å². The van der Waals surface area contributed by atoms with Crippen molar-refractivity contribution in [2.75, 3.05) is 6.54 Å². The van der Waals surface area contributed by atoms with E-state index in [-0.39, 0.29) is 0 Å². The lowest BCUT2D eigenvalue weighted by Crippen LogP contribution is -2.29. The minimum absolute atomic E-state index is 0.603. The van der Waals surface area contributed by atoms with Crippen LogP contribution >= 0.6 is 23.8 Å². The van der Waals surface area contributed by atoms with Crippen molar-refractivity contribution in [3.63, 3.8) is 0 Å². The molecule has 2 N–H and O–H groups in total. The number of hydrogen-bond acceptors (Lipinski definition) is 2. The van der Waals surface area contributed by atoms with Gasteiger partial charge in [-0.25, -0.2) is 0 Å². The molecule has 0 spiro atoms. The van der Waals surface area contributed by atoms with Gasteiger partial charge in [0.25, 0.3) is 0 Å². The van der Waals surface area contributed by atoms with E-state index < -0.39 is 0 Å². The lowest BCUT2D eigenvalue weighted by atomic mass is 10.2. The molecule has 0 unspecified atom stereocenters. The molecule has 0 saturated heterocycles. The van der Waals surface area contributed by atoms with Crippen LogP contribution in [0.1, 0.15) is 24.8 Å². The topological polar surface area (TPSA) is 29.3 Å². The van der Waals surface area contributed by atoms with Gasteiger partial charge in [0.1, 0.15) is 0 Å². The molecule has 1 aliphatic carbocycles. The van der Waals surface area contributed by atoms with Crippen LogP contribution in [0.25, 0.3) is 0 Å². The van der Waals surface area contributed by atoms with Crippen LogP contribution in [0.5, 0.6) is 0 Å². The minimum atomic E-state index is 0.603. The summed E-state index contributed by atoms with van der Waals surface area (Å²) < 4.78 is 0. The Labute approximate surface area is 113 Å². The van der Waals surface area contributed by atoms with Gasteiger partial charge in [0.2, 0.25) is 0 Å². The van der Waals surface area contributed by atoms with E-state index in [9.17, 15) is 0 Å². The van der Waals surface area contributed by atoms with E-state index in [0.717, 1.165) is 30.6 Å². The maximum Gasteiger partial charge on any atom is 0.0740 e. The summed E-state index contributed by atoms with van der Waals surface area (Å²) in [5, 5.41) is 0.787. The summed E-state index contributed by atoms with van der Waals surface area (Å²) in [7, 11) is 0. The Bertz CT molecular complexity index is 387. The van der Waals surface area contributed by atoms with Crippen LogP contribution in [0.15, 0.2) is 24.3 Å². The monoisotopic (exact) mass is 268 g/mol. The van der Waals surface area contributed by atoms with Gasteiger partial charge in [0.15, 0.2) is 0 Å². The highest BCUT2D eigenvalue weighted by Gasteiger charge is 2.28. The zero-order valence-corrected chi connectivity index (χ0v) is 11.3. The van der Waals surface area contributed by atoms with Gasteiger partial charge in [-0.3, -0.25) is 4.90 Å². The molecule has 2 rings (SSSR count). The average molecular weight is 269 g/mol. The summed E-state index contributed by atoms with van der Waals surface area (Å²) in [6.07, 6.45) is 3.40. The molecule has 1 aromatic carbocycles. The fraction of sp³-hybridized carbons (Fsp3) is 0.462. The third kappa shape index (κ3) is 4.26. The fourth-order valence-electron chi connectivity index (χ4n) is 1.91. The molecule has 0 atom stereocenters. The molecular weight excluding hydrogens is 252 g/mol. The van der Waals surface area contributed by atoms with Crippen molar-refractivity contribution < 1.29 is 0 Å². The van der Waals surface area contributed by atoms with Crippen molar-refractivity contribution in [1.29, 1.82) is 0 Å². The van der Waals surface area contributed by atoms with Crippen molar-refractivity contribution in [3.8, 4) is 0 Å².